The summed E-state index contributed by atoms with van der Waals surface area (Å²) in [6.07, 6.45) is 5.03. The van der Waals surface area contributed by atoms with E-state index < -0.39 is 5.60 Å². The lowest BCUT2D eigenvalue weighted by Gasteiger charge is -2.37. The van der Waals surface area contributed by atoms with Crippen LogP contribution < -0.4 is 0 Å². The molecule has 2 rings (SSSR count). The summed E-state index contributed by atoms with van der Waals surface area (Å²) >= 11 is 0. The zero-order valence-electron chi connectivity index (χ0n) is 12.1. The first-order valence-corrected chi connectivity index (χ1v) is 7.46. The van der Waals surface area contributed by atoms with Gasteiger partial charge in [-0.2, -0.15) is 0 Å². The third kappa shape index (κ3) is 3.06. The highest BCUT2D eigenvalue weighted by atomic mass is 16.5. The van der Waals surface area contributed by atoms with Gasteiger partial charge in [-0.3, -0.25) is 4.79 Å². The molecule has 0 aromatic heterocycles. The molecule has 19 heavy (non-hydrogen) atoms. The molecule has 104 valence electrons. The van der Waals surface area contributed by atoms with Gasteiger partial charge in [0.1, 0.15) is 5.60 Å². The van der Waals surface area contributed by atoms with E-state index in [0.717, 1.165) is 32.1 Å². The lowest BCUT2D eigenvalue weighted by atomic mass is 9.77. The van der Waals surface area contributed by atoms with E-state index in [1.807, 2.05) is 0 Å². The minimum absolute atomic E-state index is 0.290. The Morgan fingerprint density at radius 3 is 2.63 bits per heavy atom. The molecule has 1 unspecified atom stereocenters. The second kappa shape index (κ2) is 6.33. The molecule has 1 atom stereocenters. The van der Waals surface area contributed by atoms with Crippen LogP contribution in [0, 0.1) is 0 Å². The Labute approximate surface area is 116 Å². The molecule has 0 bridgehead atoms. The van der Waals surface area contributed by atoms with E-state index in [0.29, 0.717) is 13.0 Å². The second-order valence-corrected chi connectivity index (χ2v) is 5.46. The largest absolute Gasteiger partial charge is 0.367 e. The van der Waals surface area contributed by atoms with Crippen LogP contribution in [0.4, 0.5) is 0 Å². The van der Waals surface area contributed by atoms with Crippen LogP contribution in [0.3, 0.4) is 0 Å². The highest BCUT2D eigenvalue weighted by molar-refractivity contribution is 5.88. The van der Waals surface area contributed by atoms with Crippen LogP contribution in [0.15, 0.2) is 24.3 Å². The molecule has 0 amide bonds. The Kier molecular flexibility index (Phi) is 4.76. The van der Waals surface area contributed by atoms with Crippen molar-refractivity contribution in [3.63, 3.8) is 0 Å². The molecule has 0 heterocycles. The number of hydrogen-bond donors (Lipinski definition) is 0. The van der Waals surface area contributed by atoms with Crippen molar-refractivity contribution in [3.05, 3.63) is 35.4 Å². The fourth-order valence-electron chi connectivity index (χ4n) is 2.90. The smallest absolute Gasteiger partial charge is 0.164 e. The lowest BCUT2D eigenvalue weighted by molar-refractivity contribution is -0.147. The molecule has 1 aromatic rings. The zero-order chi connectivity index (χ0) is 13.7. The van der Waals surface area contributed by atoms with Crippen molar-refractivity contribution in [3.8, 4) is 0 Å². The zero-order valence-corrected chi connectivity index (χ0v) is 12.1. The maximum atomic E-state index is 12.5. The fraction of sp³-hybridized carbons (Fsp3) is 0.588. The summed E-state index contributed by atoms with van der Waals surface area (Å²) in [5, 5.41) is 0. The normalized spacial score (nSPS) is 22.0. The predicted octanol–water partition coefficient (Wildman–Crippen LogP) is 3.71. The van der Waals surface area contributed by atoms with Crippen molar-refractivity contribution in [2.45, 2.75) is 58.0 Å². The van der Waals surface area contributed by atoms with E-state index in [4.69, 9.17) is 4.74 Å². The first kappa shape index (κ1) is 14.3. The van der Waals surface area contributed by atoms with E-state index >= 15 is 0 Å². The minimum atomic E-state index is -0.555. The molecular weight excluding hydrogens is 236 g/mol. The van der Waals surface area contributed by atoms with E-state index in [9.17, 15) is 4.79 Å². The first-order chi connectivity index (χ1) is 9.22. The Balaban J connectivity index is 2.23. The van der Waals surface area contributed by atoms with Gasteiger partial charge >= 0.3 is 0 Å². The highest BCUT2D eigenvalue weighted by Gasteiger charge is 2.41. The van der Waals surface area contributed by atoms with Crippen LogP contribution in [0.25, 0.3) is 0 Å². The van der Waals surface area contributed by atoms with Crippen molar-refractivity contribution in [1.82, 2.24) is 0 Å². The summed E-state index contributed by atoms with van der Waals surface area (Å²) < 4.78 is 6.04. The van der Waals surface area contributed by atoms with Gasteiger partial charge in [0.15, 0.2) is 5.78 Å². The topological polar surface area (TPSA) is 26.3 Å². The van der Waals surface area contributed by atoms with Gasteiger partial charge in [0.2, 0.25) is 0 Å². The van der Waals surface area contributed by atoms with E-state index in [-0.39, 0.29) is 5.78 Å². The van der Waals surface area contributed by atoms with Gasteiger partial charge in [0.05, 0.1) is 0 Å². The average Bonchev–Trinajstić information content (AvgIpc) is 2.45. The van der Waals surface area contributed by atoms with Gasteiger partial charge in [0.25, 0.3) is 0 Å². The van der Waals surface area contributed by atoms with E-state index in [1.165, 1.54) is 11.1 Å². The number of benzene rings is 1. The molecule has 1 aromatic carbocycles. The SMILES string of the molecule is CCCOC1(C(=O)CCC)CCc2ccccc2C1. The van der Waals surface area contributed by atoms with Crippen molar-refractivity contribution < 1.29 is 9.53 Å². The molecule has 2 heteroatoms. The number of fused-ring (bicyclic) bond motifs is 1. The van der Waals surface area contributed by atoms with E-state index in [1.54, 1.807) is 0 Å². The standard InChI is InChI=1S/C17H24O2/c1-3-7-16(18)17(19-12-4-2)11-10-14-8-5-6-9-15(14)13-17/h5-6,8-9H,3-4,7,10-13H2,1-2H3. The predicted molar refractivity (Wildman–Crippen MR) is 77.4 cm³/mol. The van der Waals surface area contributed by atoms with Crippen LogP contribution in [-0.4, -0.2) is 18.0 Å². The van der Waals surface area contributed by atoms with Gasteiger partial charge in [-0.1, -0.05) is 38.1 Å². The lowest BCUT2D eigenvalue weighted by Crippen LogP contribution is -2.46. The minimum Gasteiger partial charge on any atom is -0.367 e. The van der Waals surface area contributed by atoms with Crippen LogP contribution in [0.1, 0.15) is 50.7 Å². The number of rotatable bonds is 6. The van der Waals surface area contributed by atoms with Crippen molar-refractivity contribution >= 4 is 5.78 Å². The van der Waals surface area contributed by atoms with Crippen LogP contribution in [0.2, 0.25) is 0 Å². The van der Waals surface area contributed by atoms with Gasteiger partial charge in [0, 0.05) is 19.4 Å². The van der Waals surface area contributed by atoms with Gasteiger partial charge in [-0.25, -0.2) is 0 Å². The monoisotopic (exact) mass is 260 g/mol. The van der Waals surface area contributed by atoms with Gasteiger partial charge in [-0.15, -0.1) is 0 Å². The van der Waals surface area contributed by atoms with Crippen LogP contribution in [-0.2, 0) is 22.4 Å². The Bertz CT molecular complexity index is 439. The van der Waals surface area contributed by atoms with Crippen molar-refractivity contribution in [2.75, 3.05) is 6.61 Å². The van der Waals surface area contributed by atoms with Gasteiger partial charge < -0.3 is 4.74 Å². The molecule has 0 aliphatic heterocycles. The number of aryl methyl sites for hydroxylation is 1. The molecule has 0 radical (unpaired) electrons. The van der Waals surface area contributed by atoms with Crippen LogP contribution >= 0.6 is 0 Å². The number of ether oxygens (including phenoxy) is 1. The molecule has 1 aliphatic carbocycles. The third-order valence-corrected chi connectivity index (χ3v) is 3.96. The number of Topliss-reactive ketones (excluding diaryl/α,β-unsaturated/α-hetero) is 1. The van der Waals surface area contributed by atoms with Crippen LogP contribution in [0.5, 0.6) is 0 Å². The molecule has 0 saturated carbocycles. The summed E-state index contributed by atoms with van der Waals surface area (Å²) in [6, 6.07) is 8.44. The molecular formula is C17H24O2. The summed E-state index contributed by atoms with van der Waals surface area (Å²) in [4.78, 5) is 12.5. The van der Waals surface area contributed by atoms with E-state index in [2.05, 4.69) is 38.1 Å². The summed E-state index contributed by atoms with van der Waals surface area (Å²) in [5.74, 6) is 0.290. The summed E-state index contributed by atoms with van der Waals surface area (Å²) in [7, 11) is 0. The summed E-state index contributed by atoms with van der Waals surface area (Å²) in [5.41, 5.74) is 2.11. The molecule has 0 spiro atoms. The number of carbonyl (C=O) groups excluding carboxylic acids is 1. The third-order valence-electron chi connectivity index (χ3n) is 3.96. The quantitative estimate of drug-likeness (QED) is 0.779. The first-order valence-electron chi connectivity index (χ1n) is 7.46. The number of hydrogen-bond acceptors (Lipinski definition) is 2. The fourth-order valence-corrected chi connectivity index (χ4v) is 2.90. The molecule has 0 fully saturated rings. The van der Waals surface area contributed by atoms with Crippen molar-refractivity contribution in [2.24, 2.45) is 0 Å². The second-order valence-electron chi connectivity index (χ2n) is 5.46. The molecule has 0 N–H and O–H groups in total. The van der Waals surface area contributed by atoms with Crippen molar-refractivity contribution in [1.29, 1.82) is 0 Å². The average molecular weight is 260 g/mol. The Morgan fingerprint density at radius 1 is 1.21 bits per heavy atom. The Hall–Kier alpha value is -1.15. The van der Waals surface area contributed by atoms with Gasteiger partial charge in [-0.05, 0) is 36.8 Å². The Morgan fingerprint density at radius 2 is 1.95 bits per heavy atom. The molecule has 1 aliphatic rings. The summed E-state index contributed by atoms with van der Waals surface area (Å²) in [6.45, 7) is 4.83. The molecule has 2 nitrogen and oxygen atoms in total. The number of carbonyl (C=O) groups is 1. The highest BCUT2D eigenvalue weighted by Crippen LogP contribution is 2.33. The number of ketones is 1. The molecule has 0 saturated heterocycles. The maximum absolute atomic E-state index is 12.5. The maximum Gasteiger partial charge on any atom is 0.164 e.